The predicted molar refractivity (Wildman–Crippen MR) is 141 cm³/mol. The summed E-state index contributed by atoms with van der Waals surface area (Å²) < 4.78 is 5.19. The molecule has 1 heterocycles. The minimum absolute atomic E-state index is 0.265. The summed E-state index contributed by atoms with van der Waals surface area (Å²) in [4.78, 5) is 53.7. The molecule has 0 unspecified atom stereocenters. The van der Waals surface area contributed by atoms with Gasteiger partial charge in [0.1, 0.15) is 6.04 Å². The van der Waals surface area contributed by atoms with E-state index in [1.807, 2.05) is 48.5 Å². The zero-order chi connectivity index (χ0) is 26.7. The number of halogens is 2. The first-order valence-corrected chi connectivity index (χ1v) is 13.0. The fraction of sp³-hybridized carbons (Fsp3) is 0.241. The Hall–Kier alpha value is -3.68. The standard InChI is InChI=1S/C29H22Cl2N2O5/c1-14(29(37)38-13-22(34)32-15-10-11-20(30)21(31)12-15)33-27(35)25-23-16-6-2-3-7-17(16)24(26(25)28(33)36)19-9-5-4-8-18(19)23/h2-12,14,23-26H,13H2,1H3,(H,32,34)/t14-,23?,24?,25+,26+/m1/s1. The van der Waals surface area contributed by atoms with Gasteiger partial charge in [0.15, 0.2) is 6.61 Å². The van der Waals surface area contributed by atoms with Crippen molar-refractivity contribution < 1.29 is 23.9 Å². The second-order valence-corrected chi connectivity index (χ2v) is 10.6. The smallest absolute Gasteiger partial charge is 0.329 e. The highest BCUT2D eigenvalue weighted by Crippen LogP contribution is 2.61. The number of imide groups is 1. The first kappa shape index (κ1) is 24.6. The van der Waals surface area contributed by atoms with Gasteiger partial charge in [-0.2, -0.15) is 0 Å². The molecule has 7 nitrogen and oxygen atoms in total. The second-order valence-electron chi connectivity index (χ2n) is 9.77. The molecule has 0 saturated carbocycles. The maximum atomic E-state index is 13.7. The van der Waals surface area contributed by atoms with Crippen molar-refractivity contribution in [3.8, 4) is 0 Å². The number of hydrogen-bond donors (Lipinski definition) is 1. The highest BCUT2D eigenvalue weighted by molar-refractivity contribution is 6.42. The number of rotatable bonds is 5. The number of amides is 3. The van der Waals surface area contributed by atoms with Crippen molar-refractivity contribution in [2.24, 2.45) is 11.8 Å². The van der Waals surface area contributed by atoms with E-state index < -0.39 is 36.4 Å². The van der Waals surface area contributed by atoms with Crippen molar-refractivity contribution in [2.75, 3.05) is 11.9 Å². The lowest BCUT2D eigenvalue weighted by atomic mass is 9.55. The van der Waals surface area contributed by atoms with E-state index in [2.05, 4.69) is 5.32 Å². The quantitative estimate of drug-likeness (QED) is 0.366. The number of benzene rings is 3. The van der Waals surface area contributed by atoms with Crippen molar-refractivity contribution in [2.45, 2.75) is 24.8 Å². The molecule has 3 amide bonds. The maximum Gasteiger partial charge on any atom is 0.329 e. The van der Waals surface area contributed by atoms with Gasteiger partial charge in [0, 0.05) is 17.5 Å². The summed E-state index contributed by atoms with van der Waals surface area (Å²) in [5, 5.41) is 3.17. The number of nitrogens with zero attached hydrogens (tertiary/aromatic N) is 1. The zero-order valence-corrected chi connectivity index (χ0v) is 21.7. The summed E-state index contributed by atoms with van der Waals surface area (Å²) in [6.07, 6.45) is 0. The SMILES string of the molecule is C[C@H](C(=O)OCC(=O)Nc1ccc(Cl)c(Cl)c1)N1C(=O)[C@H]2C3c4ccccc4C(c4ccccc43)[C@@H]2C1=O. The van der Waals surface area contributed by atoms with Gasteiger partial charge in [0.2, 0.25) is 11.8 Å². The summed E-state index contributed by atoms with van der Waals surface area (Å²) in [7, 11) is 0. The predicted octanol–water partition coefficient (Wildman–Crippen LogP) is 4.76. The Bertz CT molecular complexity index is 1410. The summed E-state index contributed by atoms with van der Waals surface area (Å²) in [5.41, 5.74) is 4.59. The van der Waals surface area contributed by atoms with Gasteiger partial charge < -0.3 is 10.1 Å². The van der Waals surface area contributed by atoms with E-state index in [4.69, 9.17) is 27.9 Å². The van der Waals surface area contributed by atoms with Crippen LogP contribution in [0.5, 0.6) is 0 Å². The lowest BCUT2D eigenvalue weighted by molar-refractivity contribution is -0.159. The van der Waals surface area contributed by atoms with Crippen LogP contribution in [0.3, 0.4) is 0 Å². The number of carbonyl (C=O) groups is 4. The molecule has 9 heteroatoms. The molecule has 3 aromatic carbocycles. The number of carbonyl (C=O) groups excluding carboxylic acids is 4. The lowest BCUT2D eigenvalue weighted by Gasteiger charge is -2.45. The van der Waals surface area contributed by atoms with Crippen molar-refractivity contribution in [1.29, 1.82) is 0 Å². The third-order valence-corrected chi connectivity index (χ3v) is 8.50. The monoisotopic (exact) mass is 548 g/mol. The molecule has 1 fully saturated rings. The zero-order valence-electron chi connectivity index (χ0n) is 20.2. The number of hydrogen-bond acceptors (Lipinski definition) is 5. The van der Waals surface area contributed by atoms with Crippen LogP contribution >= 0.6 is 23.2 Å². The highest BCUT2D eigenvalue weighted by atomic mass is 35.5. The molecule has 4 aliphatic rings. The summed E-state index contributed by atoms with van der Waals surface area (Å²) >= 11 is 11.9. The van der Waals surface area contributed by atoms with Crippen LogP contribution < -0.4 is 5.32 Å². The average Bonchev–Trinajstić information content (AvgIpc) is 3.19. The topological polar surface area (TPSA) is 92.8 Å². The van der Waals surface area contributed by atoms with Gasteiger partial charge in [0.05, 0.1) is 21.9 Å². The Morgan fingerprint density at radius 2 is 1.34 bits per heavy atom. The molecule has 1 N–H and O–H groups in total. The molecule has 3 aromatic rings. The van der Waals surface area contributed by atoms with Crippen molar-refractivity contribution in [1.82, 2.24) is 4.90 Å². The van der Waals surface area contributed by atoms with E-state index in [0.29, 0.717) is 10.7 Å². The molecule has 3 aliphatic carbocycles. The first-order valence-electron chi connectivity index (χ1n) is 12.2. The number of ether oxygens (including phenoxy) is 1. The Balaban J connectivity index is 1.20. The molecule has 38 heavy (non-hydrogen) atoms. The van der Waals surface area contributed by atoms with E-state index in [1.54, 1.807) is 6.07 Å². The van der Waals surface area contributed by atoms with E-state index in [1.165, 1.54) is 19.1 Å². The minimum Gasteiger partial charge on any atom is -0.454 e. The molecule has 192 valence electrons. The first-order chi connectivity index (χ1) is 18.3. The molecular weight excluding hydrogens is 527 g/mol. The summed E-state index contributed by atoms with van der Waals surface area (Å²) in [5.74, 6) is -3.92. The highest BCUT2D eigenvalue weighted by Gasteiger charge is 2.62. The van der Waals surface area contributed by atoms with Gasteiger partial charge in [-0.25, -0.2) is 4.79 Å². The summed E-state index contributed by atoms with van der Waals surface area (Å²) in [6, 6.07) is 19.2. The maximum absolute atomic E-state index is 13.7. The van der Waals surface area contributed by atoms with Crippen LogP contribution in [0.25, 0.3) is 0 Å². The van der Waals surface area contributed by atoms with Crippen molar-refractivity contribution >= 4 is 52.6 Å². The number of esters is 1. The van der Waals surface area contributed by atoms with Gasteiger partial charge in [-0.1, -0.05) is 71.7 Å². The largest absolute Gasteiger partial charge is 0.454 e. The van der Waals surface area contributed by atoms with Crippen LogP contribution in [0, 0.1) is 11.8 Å². The molecule has 1 aliphatic heterocycles. The summed E-state index contributed by atoms with van der Waals surface area (Å²) in [6.45, 7) is 0.864. The number of anilines is 1. The third kappa shape index (κ3) is 3.72. The Morgan fingerprint density at radius 1 is 0.842 bits per heavy atom. The van der Waals surface area contributed by atoms with E-state index in [9.17, 15) is 19.2 Å². The number of likely N-dealkylation sites (tertiary alicyclic amines) is 1. The van der Waals surface area contributed by atoms with Gasteiger partial charge in [0.25, 0.3) is 5.91 Å². The van der Waals surface area contributed by atoms with Gasteiger partial charge in [-0.3, -0.25) is 19.3 Å². The minimum atomic E-state index is -1.18. The van der Waals surface area contributed by atoms with Crippen LogP contribution in [-0.2, 0) is 23.9 Å². The van der Waals surface area contributed by atoms with Crippen LogP contribution in [0.4, 0.5) is 5.69 Å². The molecule has 0 spiro atoms. The molecular formula is C29H22Cl2N2O5. The average molecular weight is 549 g/mol. The van der Waals surface area contributed by atoms with Crippen LogP contribution in [0.1, 0.15) is 41.0 Å². The Morgan fingerprint density at radius 3 is 1.82 bits per heavy atom. The van der Waals surface area contributed by atoms with Gasteiger partial charge in [-0.15, -0.1) is 0 Å². The molecule has 0 aromatic heterocycles. The molecule has 2 bridgehead atoms. The lowest BCUT2D eigenvalue weighted by Crippen LogP contribution is -2.45. The fourth-order valence-electron chi connectivity index (χ4n) is 6.22. The van der Waals surface area contributed by atoms with E-state index in [0.717, 1.165) is 27.2 Å². The van der Waals surface area contributed by atoms with Gasteiger partial charge in [-0.05, 0) is 47.4 Å². The Kier molecular flexibility index (Phi) is 6.00. The van der Waals surface area contributed by atoms with Crippen LogP contribution in [-0.4, -0.2) is 41.2 Å². The van der Waals surface area contributed by atoms with E-state index >= 15 is 0 Å². The normalized spacial score (nSPS) is 23.4. The van der Waals surface area contributed by atoms with Crippen LogP contribution in [0.2, 0.25) is 10.0 Å². The molecule has 1 saturated heterocycles. The number of nitrogens with one attached hydrogen (secondary N) is 1. The molecule has 0 radical (unpaired) electrons. The third-order valence-electron chi connectivity index (χ3n) is 7.76. The van der Waals surface area contributed by atoms with Crippen molar-refractivity contribution in [3.05, 3.63) is 99.0 Å². The fourth-order valence-corrected chi connectivity index (χ4v) is 6.51. The molecule has 3 atom stereocenters. The molecule has 7 rings (SSSR count). The van der Waals surface area contributed by atoms with E-state index in [-0.39, 0.29) is 28.7 Å². The second kappa shape index (κ2) is 9.26. The van der Waals surface area contributed by atoms with Gasteiger partial charge >= 0.3 is 5.97 Å². The van der Waals surface area contributed by atoms with Crippen LogP contribution in [0.15, 0.2) is 66.7 Å². The van der Waals surface area contributed by atoms with Crippen molar-refractivity contribution in [3.63, 3.8) is 0 Å². The Labute approximate surface area is 228 Å².